The van der Waals surface area contributed by atoms with Gasteiger partial charge in [0, 0.05) is 16.5 Å². The fourth-order valence-corrected chi connectivity index (χ4v) is 2.43. The van der Waals surface area contributed by atoms with E-state index in [1.807, 2.05) is 19.1 Å². The average molecular weight is 321 g/mol. The van der Waals surface area contributed by atoms with Gasteiger partial charge in [-0.2, -0.15) is 5.10 Å². The second-order valence-electron chi connectivity index (χ2n) is 5.28. The van der Waals surface area contributed by atoms with E-state index in [-0.39, 0.29) is 5.36 Å². The van der Waals surface area contributed by atoms with E-state index in [0.717, 1.165) is 12.0 Å². The number of fused-ring (bicyclic) bond motifs is 1. The van der Waals surface area contributed by atoms with Crippen molar-refractivity contribution in [2.24, 2.45) is 5.10 Å². The molecule has 3 rings (SSSR count). The predicted octanol–water partition coefficient (Wildman–Crippen LogP) is 1.64. The Morgan fingerprint density at radius 1 is 0.958 bits per heavy atom. The smallest absolute Gasteiger partial charge is 0.307 e. The molecule has 0 heterocycles. The summed E-state index contributed by atoms with van der Waals surface area (Å²) < 4.78 is 0. The number of nitrogens with zero attached hydrogens (tertiary/aromatic N) is 1. The number of hydrogen-bond donors (Lipinski definition) is 2. The molecule has 0 spiro atoms. The SMILES string of the molecule is CCc1ccc(NC(=O)NN=c2c(=O)c3ccccc3c2=O)cc1. The molecule has 6 nitrogen and oxygen atoms in total. The van der Waals surface area contributed by atoms with E-state index in [1.54, 1.807) is 36.4 Å². The molecule has 6 heteroatoms. The molecule has 0 unspecified atom stereocenters. The first-order chi connectivity index (χ1) is 11.6. The van der Waals surface area contributed by atoms with Crippen LogP contribution < -0.4 is 27.0 Å². The van der Waals surface area contributed by atoms with Crippen molar-refractivity contribution in [1.82, 2.24) is 5.43 Å². The van der Waals surface area contributed by atoms with Crippen LogP contribution in [0.25, 0.3) is 10.8 Å². The summed E-state index contributed by atoms with van der Waals surface area (Å²) in [5.74, 6) is 0. The maximum absolute atomic E-state index is 12.1. The first-order valence-electron chi connectivity index (χ1n) is 7.52. The summed E-state index contributed by atoms with van der Waals surface area (Å²) in [6.45, 7) is 2.04. The molecule has 0 bridgehead atoms. The minimum Gasteiger partial charge on any atom is -0.307 e. The van der Waals surface area contributed by atoms with Crippen LogP contribution in [0.15, 0.2) is 63.2 Å². The molecular weight excluding hydrogens is 306 g/mol. The molecule has 0 saturated heterocycles. The van der Waals surface area contributed by atoms with Crippen LogP contribution in [-0.4, -0.2) is 6.03 Å². The number of anilines is 1. The molecule has 24 heavy (non-hydrogen) atoms. The number of nitrogens with one attached hydrogen (secondary N) is 2. The zero-order valence-electron chi connectivity index (χ0n) is 13.0. The van der Waals surface area contributed by atoms with Crippen LogP contribution >= 0.6 is 0 Å². The fraction of sp³-hybridized carbons (Fsp3) is 0.111. The average Bonchev–Trinajstić information content (AvgIpc) is 2.85. The summed E-state index contributed by atoms with van der Waals surface area (Å²) in [6, 6.07) is 13.2. The zero-order chi connectivity index (χ0) is 17.1. The number of carbonyl (C=O) groups excluding carboxylic acids is 1. The summed E-state index contributed by atoms with van der Waals surface area (Å²) in [6.07, 6.45) is 0.908. The molecular formula is C18H15N3O3. The Labute approximate surface area is 137 Å². The Kier molecular flexibility index (Phi) is 4.20. The lowest BCUT2D eigenvalue weighted by molar-refractivity contribution is 0.252. The summed E-state index contributed by atoms with van der Waals surface area (Å²) >= 11 is 0. The number of urea groups is 1. The molecule has 0 aliphatic rings. The molecule has 3 aromatic carbocycles. The van der Waals surface area contributed by atoms with E-state index < -0.39 is 16.9 Å². The third-order valence-corrected chi connectivity index (χ3v) is 3.74. The quantitative estimate of drug-likeness (QED) is 0.719. The van der Waals surface area contributed by atoms with Gasteiger partial charge in [0.1, 0.15) is 0 Å². The molecule has 0 atom stereocenters. The van der Waals surface area contributed by atoms with Crippen LogP contribution in [0.2, 0.25) is 0 Å². The molecule has 0 radical (unpaired) electrons. The highest BCUT2D eigenvalue weighted by Crippen LogP contribution is 2.09. The van der Waals surface area contributed by atoms with Crippen LogP contribution in [0.3, 0.4) is 0 Å². The molecule has 0 aliphatic carbocycles. The fourth-order valence-electron chi connectivity index (χ4n) is 2.43. The molecule has 0 aromatic heterocycles. The van der Waals surface area contributed by atoms with Gasteiger partial charge < -0.3 is 5.32 Å². The van der Waals surface area contributed by atoms with Crippen LogP contribution in [-0.2, 0) is 6.42 Å². The third kappa shape index (κ3) is 2.94. The monoisotopic (exact) mass is 321 g/mol. The van der Waals surface area contributed by atoms with Crippen molar-refractivity contribution in [2.75, 3.05) is 5.32 Å². The van der Waals surface area contributed by atoms with E-state index >= 15 is 0 Å². The van der Waals surface area contributed by atoms with Gasteiger partial charge in [0.15, 0.2) is 5.36 Å². The van der Waals surface area contributed by atoms with E-state index in [0.29, 0.717) is 16.5 Å². The first-order valence-corrected chi connectivity index (χ1v) is 7.52. The van der Waals surface area contributed by atoms with Crippen LogP contribution in [0.1, 0.15) is 12.5 Å². The van der Waals surface area contributed by atoms with Gasteiger partial charge >= 0.3 is 6.03 Å². The number of amides is 2. The topological polar surface area (TPSA) is 87.6 Å². The van der Waals surface area contributed by atoms with Crippen molar-refractivity contribution >= 4 is 22.5 Å². The zero-order valence-corrected chi connectivity index (χ0v) is 13.0. The second kappa shape index (κ2) is 6.45. The molecule has 3 aromatic rings. The maximum Gasteiger partial charge on any atom is 0.339 e. The van der Waals surface area contributed by atoms with Gasteiger partial charge in [-0.1, -0.05) is 43.3 Å². The van der Waals surface area contributed by atoms with Crippen LogP contribution in [0.5, 0.6) is 0 Å². The number of carbonyl (C=O) groups is 1. The molecule has 120 valence electrons. The van der Waals surface area contributed by atoms with Gasteiger partial charge in [0.05, 0.1) is 0 Å². The van der Waals surface area contributed by atoms with E-state index in [1.165, 1.54) is 0 Å². The van der Waals surface area contributed by atoms with Crippen molar-refractivity contribution in [3.63, 3.8) is 0 Å². The summed E-state index contributed by atoms with van der Waals surface area (Å²) in [7, 11) is 0. The number of hydrogen-bond acceptors (Lipinski definition) is 4. The largest absolute Gasteiger partial charge is 0.339 e. The van der Waals surface area contributed by atoms with Gasteiger partial charge in [-0.05, 0) is 24.1 Å². The highest BCUT2D eigenvalue weighted by Gasteiger charge is 2.10. The van der Waals surface area contributed by atoms with Crippen molar-refractivity contribution in [3.05, 3.63) is 79.9 Å². The minimum absolute atomic E-state index is 0.285. The lowest BCUT2D eigenvalue weighted by Gasteiger charge is -2.04. The second-order valence-corrected chi connectivity index (χ2v) is 5.28. The molecule has 0 aliphatic heterocycles. The highest BCUT2D eigenvalue weighted by atomic mass is 16.2. The Morgan fingerprint density at radius 3 is 2.08 bits per heavy atom. The Hall–Kier alpha value is -3.28. The van der Waals surface area contributed by atoms with Gasteiger partial charge in [-0.15, -0.1) is 0 Å². The third-order valence-electron chi connectivity index (χ3n) is 3.74. The van der Waals surface area contributed by atoms with Crippen molar-refractivity contribution in [3.8, 4) is 0 Å². The molecule has 2 amide bonds. The van der Waals surface area contributed by atoms with Gasteiger partial charge in [-0.3, -0.25) is 9.59 Å². The van der Waals surface area contributed by atoms with E-state index in [2.05, 4.69) is 15.8 Å². The lowest BCUT2D eigenvalue weighted by Crippen LogP contribution is -2.36. The van der Waals surface area contributed by atoms with Gasteiger partial charge in [0.2, 0.25) is 10.9 Å². The van der Waals surface area contributed by atoms with Gasteiger partial charge in [0.25, 0.3) is 0 Å². The number of benzene rings is 2. The number of aryl methyl sites for hydroxylation is 1. The van der Waals surface area contributed by atoms with Crippen LogP contribution in [0, 0.1) is 0 Å². The maximum atomic E-state index is 12.1. The predicted molar refractivity (Wildman–Crippen MR) is 92.4 cm³/mol. The van der Waals surface area contributed by atoms with Crippen molar-refractivity contribution < 1.29 is 4.79 Å². The normalized spacial score (nSPS) is 10.5. The lowest BCUT2D eigenvalue weighted by atomic mass is 10.1. The van der Waals surface area contributed by atoms with E-state index in [4.69, 9.17) is 0 Å². The van der Waals surface area contributed by atoms with Crippen molar-refractivity contribution in [1.29, 1.82) is 0 Å². The summed E-state index contributed by atoms with van der Waals surface area (Å²) in [4.78, 5) is 36.1. The Morgan fingerprint density at radius 2 is 1.54 bits per heavy atom. The Balaban J connectivity index is 1.81. The molecule has 2 N–H and O–H groups in total. The highest BCUT2D eigenvalue weighted by molar-refractivity contribution is 5.89. The van der Waals surface area contributed by atoms with Crippen LogP contribution in [0.4, 0.5) is 10.5 Å². The van der Waals surface area contributed by atoms with Gasteiger partial charge in [-0.25, -0.2) is 10.2 Å². The summed E-state index contributed by atoms with van der Waals surface area (Å²) in [5.41, 5.74) is 2.98. The minimum atomic E-state index is -0.622. The summed E-state index contributed by atoms with van der Waals surface area (Å²) in [5, 5.41) is 6.60. The van der Waals surface area contributed by atoms with Crippen molar-refractivity contribution in [2.45, 2.75) is 13.3 Å². The molecule has 0 fully saturated rings. The number of rotatable bonds is 3. The molecule has 0 saturated carbocycles. The Bertz CT molecular complexity index is 996. The first kappa shape index (κ1) is 15.6. The standard InChI is InChI=1S/C18H15N3O3/c1-2-11-7-9-12(10-8-11)19-18(24)21-20-15-16(22)13-5-3-4-6-14(13)17(15)23/h3-10H,2H2,1H3,(H2,19,21,24). The van der Waals surface area contributed by atoms with E-state index in [9.17, 15) is 14.4 Å².